The van der Waals surface area contributed by atoms with Crippen LogP contribution in [0.3, 0.4) is 0 Å². The zero-order chi connectivity index (χ0) is 39.6. The Balaban J connectivity index is 0.928. The Kier molecular flexibility index (Phi) is 9.31. The number of fused-ring (bicyclic) bond motifs is 4. The Bertz CT molecular complexity index is 2380. The summed E-state index contributed by atoms with van der Waals surface area (Å²) in [5.74, 6) is -4.81. The molecule has 3 amide bonds. The van der Waals surface area contributed by atoms with Gasteiger partial charge < -0.3 is 25.2 Å². The highest BCUT2D eigenvalue weighted by atomic mass is 32.1. The minimum atomic E-state index is -1.25. The third-order valence-corrected chi connectivity index (χ3v) is 13.5. The van der Waals surface area contributed by atoms with Crippen LogP contribution in [0.15, 0.2) is 72.2 Å². The van der Waals surface area contributed by atoms with E-state index in [1.54, 1.807) is 35.2 Å². The molecule has 5 aliphatic rings. The summed E-state index contributed by atoms with van der Waals surface area (Å²) in [6.45, 7) is 5.23. The summed E-state index contributed by atoms with van der Waals surface area (Å²) in [5, 5.41) is 5.23. The molecule has 2 saturated heterocycles. The normalized spacial score (nSPS) is 20.7. The molecular weight excluding hydrogens is 759 g/mol. The molecule has 9 rings (SSSR count). The van der Waals surface area contributed by atoms with Gasteiger partial charge in [-0.15, -0.1) is 11.3 Å². The Morgan fingerprint density at radius 3 is 2.35 bits per heavy atom. The lowest BCUT2D eigenvalue weighted by molar-refractivity contribution is -0.000521. The average Bonchev–Trinajstić information content (AvgIpc) is 3.82. The third-order valence-electron chi connectivity index (χ3n) is 12.0. The van der Waals surface area contributed by atoms with Crippen molar-refractivity contribution in [2.75, 3.05) is 48.4 Å². The van der Waals surface area contributed by atoms with Gasteiger partial charge in [0, 0.05) is 83.3 Å². The number of anilines is 3. The molecular formula is C43H39F4N5O4S. The van der Waals surface area contributed by atoms with Crippen LogP contribution < -0.4 is 15.5 Å². The van der Waals surface area contributed by atoms with Crippen molar-refractivity contribution in [3.05, 3.63) is 127 Å². The van der Waals surface area contributed by atoms with Gasteiger partial charge in [0.05, 0.1) is 10.4 Å². The number of carbonyl (C=O) groups is 3. The summed E-state index contributed by atoms with van der Waals surface area (Å²) >= 11 is 1.10. The molecule has 1 unspecified atom stereocenters. The van der Waals surface area contributed by atoms with Crippen molar-refractivity contribution in [3.63, 3.8) is 0 Å². The lowest BCUT2D eigenvalue weighted by atomic mass is 9.73. The second-order valence-corrected chi connectivity index (χ2v) is 16.9. The van der Waals surface area contributed by atoms with Crippen molar-refractivity contribution >= 4 is 46.3 Å². The molecule has 2 aliphatic carbocycles. The molecule has 1 atom stereocenters. The third kappa shape index (κ3) is 6.71. The number of nitrogens with zero attached hydrogens (tertiary/aromatic N) is 3. The standard InChI is InChI=1S/C43H39F4N5O4S/c1-42-11-9-27(44)21-35(42)52(14-10-26-18-34(57-37(26)42)40(54)50-36-31(46)19-28(45)20-32(36)47)41(55)24-5-7-29(8-6-24)48-39(53)30-17-25-3-2-4-33(25)49-38(30)51-22-43(23-51)12-15-56-16-13-43/h5-9,17-21H,2-4,10-16,22-23H2,1H3,(H,48,53)(H,50,54). The number of halogens is 4. The van der Waals surface area contributed by atoms with E-state index in [2.05, 4.69) is 15.5 Å². The van der Waals surface area contributed by atoms with Gasteiger partial charge in [-0.1, -0.05) is 0 Å². The van der Waals surface area contributed by atoms with Crippen molar-refractivity contribution in [2.45, 2.75) is 57.3 Å². The predicted octanol–water partition coefficient (Wildman–Crippen LogP) is 8.27. The number of aryl methyl sites for hydroxylation is 2. The highest BCUT2D eigenvalue weighted by Crippen LogP contribution is 2.49. The van der Waals surface area contributed by atoms with Gasteiger partial charge in [-0.05, 0) is 112 Å². The summed E-state index contributed by atoms with van der Waals surface area (Å²) in [6, 6.07) is 11.2. The Morgan fingerprint density at radius 1 is 0.877 bits per heavy atom. The number of rotatable bonds is 6. The average molecular weight is 798 g/mol. The molecule has 3 aliphatic heterocycles. The van der Waals surface area contributed by atoms with Gasteiger partial charge in [-0.3, -0.25) is 14.4 Å². The van der Waals surface area contributed by atoms with Gasteiger partial charge >= 0.3 is 0 Å². The summed E-state index contributed by atoms with van der Waals surface area (Å²) in [4.78, 5) is 50.9. The molecule has 5 heterocycles. The first kappa shape index (κ1) is 37.2. The molecule has 1 spiro atoms. The van der Waals surface area contributed by atoms with Gasteiger partial charge in [0.15, 0.2) is 11.6 Å². The smallest absolute Gasteiger partial charge is 0.265 e. The molecule has 2 fully saturated rings. The van der Waals surface area contributed by atoms with Crippen LogP contribution in [0.5, 0.6) is 0 Å². The number of ether oxygens (including phenoxy) is 1. The molecule has 294 valence electrons. The van der Waals surface area contributed by atoms with Crippen molar-refractivity contribution in [1.29, 1.82) is 0 Å². The number of aromatic nitrogens is 1. The molecule has 2 N–H and O–H groups in total. The highest BCUT2D eigenvalue weighted by molar-refractivity contribution is 7.14. The topological polar surface area (TPSA) is 104 Å². The number of hydrogen-bond donors (Lipinski definition) is 2. The lowest BCUT2D eigenvalue weighted by Gasteiger charge is -2.53. The number of amides is 3. The lowest BCUT2D eigenvalue weighted by Crippen LogP contribution is -2.59. The fourth-order valence-corrected chi connectivity index (χ4v) is 10.2. The molecule has 0 radical (unpaired) electrons. The monoisotopic (exact) mass is 797 g/mol. The maximum Gasteiger partial charge on any atom is 0.265 e. The minimum absolute atomic E-state index is 0.159. The molecule has 9 nitrogen and oxygen atoms in total. The first-order valence-electron chi connectivity index (χ1n) is 19.2. The molecule has 4 aromatic rings. The van der Waals surface area contributed by atoms with Crippen LogP contribution in [-0.4, -0.2) is 60.5 Å². The number of thiophene rings is 1. The van der Waals surface area contributed by atoms with Gasteiger partial charge in [-0.2, -0.15) is 0 Å². The van der Waals surface area contributed by atoms with Crippen molar-refractivity contribution in [1.82, 2.24) is 9.88 Å². The molecule has 0 saturated carbocycles. The van der Waals surface area contributed by atoms with Crippen LogP contribution in [0.2, 0.25) is 0 Å². The first-order valence-corrected chi connectivity index (χ1v) is 20.0. The van der Waals surface area contributed by atoms with Gasteiger partial charge in [0.2, 0.25) is 0 Å². The predicted molar refractivity (Wildman–Crippen MR) is 208 cm³/mol. The van der Waals surface area contributed by atoms with E-state index in [9.17, 15) is 31.9 Å². The van der Waals surface area contributed by atoms with E-state index in [0.29, 0.717) is 46.9 Å². The van der Waals surface area contributed by atoms with E-state index in [4.69, 9.17) is 9.72 Å². The molecule has 2 aromatic carbocycles. The number of allylic oxidation sites excluding steroid dienone is 4. The zero-order valence-corrected chi connectivity index (χ0v) is 32.0. The fourth-order valence-electron chi connectivity index (χ4n) is 8.89. The molecule has 57 heavy (non-hydrogen) atoms. The van der Waals surface area contributed by atoms with Crippen LogP contribution in [0.1, 0.15) is 84.7 Å². The quantitative estimate of drug-likeness (QED) is 0.191. The number of nitrogens with one attached hydrogen (secondary N) is 2. The van der Waals surface area contributed by atoms with Gasteiger partial charge in [0.25, 0.3) is 17.7 Å². The molecule has 0 bridgehead atoms. The first-order chi connectivity index (χ1) is 27.4. The summed E-state index contributed by atoms with van der Waals surface area (Å²) in [7, 11) is 0. The van der Waals surface area contributed by atoms with Crippen LogP contribution in [0, 0.1) is 22.9 Å². The number of pyridine rings is 1. The van der Waals surface area contributed by atoms with Gasteiger partial charge in [0.1, 0.15) is 23.1 Å². The summed E-state index contributed by atoms with van der Waals surface area (Å²) in [5.41, 5.74) is 3.22. The Morgan fingerprint density at radius 2 is 1.61 bits per heavy atom. The molecule has 14 heteroatoms. The van der Waals surface area contributed by atoms with Crippen LogP contribution in [-0.2, 0) is 29.4 Å². The van der Waals surface area contributed by atoms with E-state index < -0.39 is 40.3 Å². The van der Waals surface area contributed by atoms with Crippen molar-refractivity contribution in [3.8, 4) is 0 Å². The van der Waals surface area contributed by atoms with E-state index in [1.807, 2.05) is 13.0 Å². The second kappa shape index (κ2) is 14.2. The maximum absolute atomic E-state index is 15.0. The largest absolute Gasteiger partial charge is 0.381 e. The van der Waals surface area contributed by atoms with Crippen LogP contribution >= 0.6 is 11.3 Å². The van der Waals surface area contributed by atoms with E-state index in [1.165, 1.54) is 12.2 Å². The maximum atomic E-state index is 15.0. The summed E-state index contributed by atoms with van der Waals surface area (Å²) in [6.07, 6.45) is 8.07. The van der Waals surface area contributed by atoms with Crippen molar-refractivity contribution in [2.24, 2.45) is 5.41 Å². The van der Waals surface area contributed by atoms with E-state index >= 15 is 0 Å². The Labute approximate surface area is 330 Å². The second-order valence-electron chi connectivity index (χ2n) is 15.8. The van der Waals surface area contributed by atoms with E-state index in [0.717, 1.165) is 91.4 Å². The minimum Gasteiger partial charge on any atom is -0.381 e. The number of hydrogen-bond acceptors (Lipinski definition) is 7. The fraction of sp³-hybridized carbons (Fsp3) is 0.349. The van der Waals surface area contributed by atoms with Crippen molar-refractivity contribution < 1.29 is 36.7 Å². The van der Waals surface area contributed by atoms with Crippen LogP contribution in [0.25, 0.3) is 0 Å². The van der Waals surface area contributed by atoms with Crippen LogP contribution in [0.4, 0.5) is 34.8 Å². The SMILES string of the molecule is CC12CC=C(F)C=C1N(C(=O)c1ccc(NC(=O)c3cc4c(nc3N3CC5(CCOCC5)C3)CCC4)cc1)CCc1cc(C(=O)Nc3c(F)cc(F)cc3F)sc12. The van der Waals surface area contributed by atoms with E-state index in [-0.39, 0.29) is 35.1 Å². The number of benzene rings is 2. The number of carbonyl (C=O) groups excluding carboxylic acids is 3. The van der Waals surface area contributed by atoms with Gasteiger partial charge in [-0.25, -0.2) is 22.5 Å². The highest BCUT2D eigenvalue weighted by Gasteiger charge is 2.46. The zero-order valence-electron chi connectivity index (χ0n) is 31.2. The molecule has 2 aromatic heterocycles. The Hall–Kier alpha value is -5.34. The summed E-state index contributed by atoms with van der Waals surface area (Å²) < 4.78 is 62.7.